The van der Waals surface area contributed by atoms with Crippen molar-refractivity contribution in [2.45, 2.75) is 18.2 Å². The SMILES string of the molecule is CSCC(=O)N(C)CC1CC(Cl)C1. The van der Waals surface area contributed by atoms with Crippen molar-refractivity contribution in [2.75, 3.05) is 25.6 Å². The molecule has 1 aliphatic rings. The average Bonchev–Trinajstić information content (AvgIpc) is 2.02. The molecule has 0 aromatic heterocycles. The van der Waals surface area contributed by atoms with E-state index in [0.29, 0.717) is 17.0 Å². The molecule has 0 aromatic carbocycles. The van der Waals surface area contributed by atoms with Crippen LogP contribution in [0.25, 0.3) is 0 Å². The Morgan fingerprint density at radius 1 is 1.62 bits per heavy atom. The van der Waals surface area contributed by atoms with E-state index in [-0.39, 0.29) is 5.91 Å². The van der Waals surface area contributed by atoms with Crippen LogP contribution >= 0.6 is 23.4 Å². The highest BCUT2D eigenvalue weighted by molar-refractivity contribution is 7.99. The van der Waals surface area contributed by atoms with Gasteiger partial charge >= 0.3 is 0 Å². The molecule has 1 amide bonds. The minimum absolute atomic E-state index is 0.227. The Morgan fingerprint density at radius 3 is 2.69 bits per heavy atom. The first kappa shape index (κ1) is 11.2. The fourth-order valence-electron chi connectivity index (χ4n) is 1.53. The van der Waals surface area contributed by atoms with E-state index in [1.54, 1.807) is 11.8 Å². The second-order valence-electron chi connectivity index (χ2n) is 3.64. The molecular weight excluding hydrogens is 206 g/mol. The van der Waals surface area contributed by atoms with Crippen molar-refractivity contribution in [3.05, 3.63) is 0 Å². The number of rotatable bonds is 4. The summed E-state index contributed by atoms with van der Waals surface area (Å²) >= 11 is 7.43. The molecule has 1 rings (SSSR count). The summed E-state index contributed by atoms with van der Waals surface area (Å²) in [6.45, 7) is 0.878. The van der Waals surface area contributed by atoms with Gasteiger partial charge in [-0.05, 0) is 25.0 Å². The molecule has 0 radical (unpaired) electrons. The first-order valence-electron chi connectivity index (χ1n) is 4.50. The third kappa shape index (κ3) is 3.39. The number of alkyl halides is 1. The quantitative estimate of drug-likeness (QED) is 0.676. The molecule has 1 aliphatic carbocycles. The highest BCUT2D eigenvalue weighted by atomic mass is 35.5. The van der Waals surface area contributed by atoms with Crippen LogP contribution in [-0.2, 0) is 4.79 Å². The van der Waals surface area contributed by atoms with Crippen LogP contribution in [0.3, 0.4) is 0 Å². The van der Waals surface area contributed by atoms with Crippen molar-refractivity contribution >= 4 is 29.3 Å². The Morgan fingerprint density at radius 2 is 2.23 bits per heavy atom. The van der Waals surface area contributed by atoms with Gasteiger partial charge in [0.1, 0.15) is 0 Å². The van der Waals surface area contributed by atoms with E-state index in [4.69, 9.17) is 11.6 Å². The van der Waals surface area contributed by atoms with Crippen molar-refractivity contribution in [3.8, 4) is 0 Å². The van der Waals surface area contributed by atoms with E-state index in [1.165, 1.54) is 0 Å². The second-order valence-corrected chi connectivity index (χ2v) is 5.13. The van der Waals surface area contributed by atoms with Crippen LogP contribution in [0.5, 0.6) is 0 Å². The van der Waals surface area contributed by atoms with Gasteiger partial charge in [-0.1, -0.05) is 0 Å². The molecule has 0 heterocycles. The van der Waals surface area contributed by atoms with Crippen LogP contribution in [0.1, 0.15) is 12.8 Å². The van der Waals surface area contributed by atoms with Gasteiger partial charge in [-0.15, -0.1) is 11.6 Å². The zero-order valence-electron chi connectivity index (χ0n) is 8.12. The van der Waals surface area contributed by atoms with Gasteiger partial charge in [-0.2, -0.15) is 11.8 Å². The number of hydrogen-bond donors (Lipinski definition) is 0. The molecule has 4 heteroatoms. The predicted molar refractivity (Wildman–Crippen MR) is 58.4 cm³/mol. The van der Waals surface area contributed by atoms with Gasteiger partial charge in [0.2, 0.25) is 5.91 Å². The number of carbonyl (C=O) groups excluding carboxylic acids is 1. The van der Waals surface area contributed by atoms with Crippen LogP contribution in [0.4, 0.5) is 0 Å². The number of amides is 1. The van der Waals surface area contributed by atoms with Crippen molar-refractivity contribution in [1.29, 1.82) is 0 Å². The van der Waals surface area contributed by atoms with E-state index >= 15 is 0 Å². The molecule has 0 aromatic rings. The molecule has 1 saturated carbocycles. The van der Waals surface area contributed by atoms with Crippen molar-refractivity contribution < 1.29 is 4.79 Å². The standard InChI is InChI=1S/C9H16ClNOS/c1-11(9(12)6-13-2)5-7-3-8(10)4-7/h7-8H,3-6H2,1-2H3. The summed E-state index contributed by atoms with van der Waals surface area (Å²) < 4.78 is 0. The molecule has 1 fully saturated rings. The minimum Gasteiger partial charge on any atom is -0.345 e. The zero-order valence-corrected chi connectivity index (χ0v) is 9.70. The summed E-state index contributed by atoms with van der Waals surface area (Å²) in [6, 6.07) is 0. The first-order valence-corrected chi connectivity index (χ1v) is 6.33. The van der Waals surface area contributed by atoms with Crippen molar-refractivity contribution in [3.63, 3.8) is 0 Å². The zero-order chi connectivity index (χ0) is 9.84. The second kappa shape index (κ2) is 5.11. The maximum absolute atomic E-state index is 11.4. The lowest BCUT2D eigenvalue weighted by atomic mass is 9.84. The third-order valence-corrected chi connectivity index (χ3v) is 3.30. The summed E-state index contributed by atoms with van der Waals surface area (Å²) in [7, 11) is 1.88. The van der Waals surface area contributed by atoms with Crippen LogP contribution in [0.2, 0.25) is 0 Å². The predicted octanol–water partition coefficient (Wildman–Crippen LogP) is 1.83. The van der Waals surface area contributed by atoms with Crippen LogP contribution < -0.4 is 0 Å². The Labute approximate surface area is 89.0 Å². The summed E-state index contributed by atoms with van der Waals surface area (Å²) in [5.41, 5.74) is 0. The smallest absolute Gasteiger partial charge is 0.232 e. The molecule has 0 unspecified atom stereocenters. The molecule has 76 valence electrons. The fourth-order valence-corrected chi connectivity index (χ4v) is 2.50. The Balaban J connectivity index is 2.17. The fraction of sp³-hybridized carbons (Fsp3) is 0.889. The number of carbonyl (C=O) groups is 1. The highest BCUT2D eigenvalue weighted by Gasteiger charge is 2.28. The van der Waals surface area contributed by atoms with Crippen LogP contribution in [0.15, 0.2) is 0 Å². The van der Waals surface area contributed by atoms with Crippen molar-refractivity contribution in [1.82, 2.24) is 4.90 Å². The van der Waals surface area contributed by atoms with Crippen LogP contribution in [0, 0.1) is 5.92 Å². The molecule has 0 N–H and O–H groups in total. The summed E-state index contributed by atoms with van der Waals surface area (Å²) in [4.78, 5) is 13.2. The molecule has 0 bridgehead atoms. The molecule has 0 atom stereocenters. The normalized spacial score (nSPS) is 26.7. The van der Waals surface area contributed by atoms with Gasteiger partial charge in [0, 0.05) is 19.0 Å². The Hall–Kier alpha value is 0.110. The molecule has 13 heavy (non-hydrogen) atoms. The number of nitrogens with zero attached hydrogens (tertiary/aromatic N) is 1. The first-order chi connectivity index (χ1) is 6.13. The van der Waals surface area contributed by atoms with Gasteiger partial charge in [-0.3, -0.25) is 4.79 Å². The lowest BCUT2D eigenvalue weighted by Gasteiger charge is -2.34. The van der Waals surface area contributed by atoms with Gasteiger partial charge < -0.3 is 4.90 Å². The molecular formula is C9H16ClNOS. The summed E-state index contributed by atoms with van der Waals surface area (Å²) in [5.74, 6) is 1.46. The minimum atomic E-state index is 0.227. The van der Waals surface area contributed by atoms with E-state index in [9.17, 15) is 4.79 Å². The third-order valence-electron chi connectivity index (χ3n) is 2.40. The largest absolute Gasteiger partial charge is 0.345 e. The lowest BCUT2D eigenvalue weighted by Crippen LogP contribution is -2.38. The topological polar surface area (TPSA) is 20.3 Å². The van der Waals surface area contributed by atoms with E-state index < -0.39 is 0 Å². The number of halogens is 1. The lowest BCUT2D eigenvalue weighted by molar-refractivity contribution is -0.127. The van der Waals surface area contributed by atoms with Gasteiger partial charge in [-0.25, -0.2) is 0 Å². The maximum Gasteiger partial charge on any atom is 0.232 e. The molecule has 2 nitrogen and oxygen atoms in total. The Kier molecular flexibility index (Phi) is 4.39. The monoisotopic (exact) mass is 221 g/mol. The molecule has 0 saturated heterocycles. The molecule has 0 spiro atoms. The highest BCUT2D eigenvalue weighted by Crippen LogP contribution is 2.32. The average molecular weight is 222 g/mol. The van der Waals surface area contributed by atoms with E-state index in [1.807, 2.05) is 18.2 Å². The van der Waals surface area contributed by atoms with Gasteiger partial charge in [0.15, 0.2) is 0 Å². The van der Waals surface area contributed by atoms with Crippen molar-refractivity contribution in [2.24, 2.45) is 5.92 Å². The Bertz CT molecular complexity index is 182. The van der Waals surface area contributed by atoms with E-state index in [0.717, 1.165) is 19.4 Å². The van der Waals surface area contributed by atoms with Gasteiger partial charge in [0.05, 0.1) is 5.75 Å². The number of thioether (sulfide) groups is 1. The summed E-state index contributed by atoms with van der Waals surface area (Å²) in [6.07, 6.45) is 4.08. The summed E-state index contributed by atoms with van der Waals surface area (Å²) in [5, 5.41) is 0.356. The van der Waals surface area contributed by atoms with E-state index in [2.05, 4.69) is 0 Å². The van der Waals surface area contributed by atoms with Gasteiger partial charge in [0.25, 0.3) is 0 Å². The maximum atomic E-state index is 11.4. The number of hydrogen-bond acceptors (Lipinski definition) is 2. The molecule has 0 aliphatic heterocycles. The van der Waals surface area contributed by atoms with Crippen LogP contribution in [-0.4, -0.2) is 41.8 Å².